The molecule has 2 atom stereocenters. The van der Waals surface area contributed by atoms with E-state index in [-0.39, 0.29) is 54.8 Å². The van der Waals surface area contributed by atoms with Crippen molar-refractivity contribution in [2.75, 3.05) is 25.2 Å². The van der Waals surface area contributed by atoms with Crippen molar-refractivity contribution in [1.82, 2.24) is 0 Å². The van der Waals surface area contributed by atoms with Crippen LogP contribution in [0.5, 0.6) is 28.7 Å². The molecule has 0 bridgehead atoms. The number of halogens is 3. The number of hydrogen-bond donors (Lipinski definition) is 1. The van der Waals surface area contributed by atoms with Crippen LogP contribution in [0.1, 0.15) is 48.0 Å². The molecule has 1 heterocycles. The molecule has 2 aliphatic rings. The van der Waals surface area contributed by atoms with Gasteiger partial charge < -0.3 is 24.1 Å². The van der Waals surface area contributed by atoms with Crippen molar-refractivity contribution in [3.8, 4) is 28.7 Å². The van der Waals surface area contributed by atoms with E-state index in [1.54, 1.807) is 18.2 Å². The maximum Gasteiger partial charge on any atom is 0.304 e. The quantitative estimate of drug-likeness (QED) is 0.282. The molecular weight excluding hydrogens is 565 g/mol. The van der Waals surface area contributed by atoms with Crippen molar-refractivity contribution in [3.63, 3.8) is 0 Å². The molecule has 3 aromatic rings. The Morgan fingerprint density at radius 1 is 1.05 bits per heavy atom. The normalized spacial score (nSPS) is 17.5. The summed E-state index contributed by atoms with van der Waals surface area (Å²) in [5.74, 6) is -3.53. The number of rotatable bonds is 11. The average Bonchev–Trinajstić information content (AvgIpc) is 3.48. The number of sulfone groups is 1. The van der Waals surface area contributed by atoms with Gasteiger partial charge >= 0.3 is 5.97 Å². The van der Waals surface area contributed by atoms with Crippen LogP contribution in [0.25, 0.3) is 0 Å². The molecule has 41 heavy (non-hydrogen) atoms. The lowest BCUT2D eigenvalue weighted by atomic mass is 9.98. The van der Waals surface area contributed by atoms with E-state index in [1.807, 2.05) is 0 Å². The Labute approximate surface area is 234 Å². The van der Waals surface area contributed by atoms with E-state index in [4.69, 9.17) is 24.1 Å². The zero-order chi connectivity index (χ0) is 29.3. The lowest BCUT2D eigenvalue weighted by Gasteiger charge is -2.17. The Kier molecular flexibility index (Phi) is 8.03. The molecule has 1 unspecified atom stereocenters. The Bertz CT molecular complexity index is 1570. The van der Waals surface area contributed by atoms with Crippen molar-refractivity contribution in [2.24, 2.45) is 0 Å². The van der Waals surface area contributed by atoms with E-state index in [0.717, 1.165) is 24.0 Å². The van der Waals surface area contributed by atoms with Gasteiger partial charge in [-0.05, 0) is 37.5 Å². The van der Waals surface area contributed by atoms with Crippen molar-refractivity contribution >= 4 is 15.8 Å². The van der Waals surface area contributed by atoms with Crippen molar-refractivity contribution in [1.29, 1.82) is 0 Å². The first-order valence-electron chi connectivity index (χ1n) is 12.9. The maximum absolute atomic E-state index is 15.0. The van der Waals surface area contributed by atoms with Gasteiger partial charge in [-0.25, -0.2) is 21.6 Å². The molecule has 8 nitrogen and oxygen atoms in total. The molecule has 0 saturated heterocycles. The summed E-state index contributed by atoms with van der Waals surface area (Å²) < 4.78 is 89.2. The van der Waals surface area contributed by atoms with Crippen molar-refractivity contribution in [2.45, 2.75) is 37.7 Å². The number of aliphatic carboxylic acids is 1. The molecule has 218 valence electrons. The molecule has 1 N–H and O–H groups in total. The molecular formula is C29H27F3O8S. The van der Waals surface area contributed by atoms with E-state index in [9.17, 15) is 26.4 Å². The Morgan fingerprint density at radius 2 is 1.80 bits per heavy atom. The molecule has 3 aromatic carbocycles. The van der Waals surface area contributed by atoms with Gasteiger partial charge in [0.15, 0.2) is 17.4 Å². The number of carboxylic acid groups (broad SMARTS) is 1. The first-order valence-corrected chi connectivity index (χ1v) is 15.0. The van der Waals surface area contributed by atoms with Crippen LogP contribution in [-0.4, -0.2) is 44.7 Å². The van der Waals surface area contributed by atoms with Gasteiger partial charge in [0.2, 0.25) is 0 Å². The second kappa shape index (κ2) is 11.5. The molecule has 0 fully saturated rings. The topological polar surface area (TPSA) is 108 Å². The summed E-state index contributed by atoms with van der Waals surface area (Å²) in [6.07, 6.45) is 1.25. The highest BCUT2D eigenvalue weighted by molar-refractivity contribution is 7.90. The summed E-state index contributed by atoms with van der Waals surface area (Å²) in [6, 6.07) is 9.56. The first-order chi connectivity index (χ1) is 19.5. The molecule has 0 spiro atoms. The summed E-state index contributed by atoms with van der Waals surface area (Å²) in [7, 11) is -3.22. The van der Waals surface area contributed by atoms with Crippen LogP contribution in [0, 0.1) is 17.5 Å². The van der Waals surface area contributed by atoms with Crippen molar-refractivity contribution in [3.05, 3.63) is 76.6 Å². The summed E-state index contributed by atoms with van der Waals surface area (Å²) in [5, 5.41) is 9.09. The zero-order valence-electron chi connectivity index (χ0n) is 22.0. The molecule has 0 aromatic heterocycles. The predicted octanol–water partition coefficient (Wildman–Crippen LogP) is 5.73. The smallest absolute Gasteiger partial charge is 0.304 e. The molecule has 0 radical (unpaired) electrons. The van der Waals surface area contributed by atoms with Gasteiger partial charge in [0.25, 0.3) is 0 Å². The fraction of sp³-hybridized carbons (Fsp3) is 0.345. The number of fused-ring (bicyclic) bond motifs is 2. The summed E-state index contributed by atoms with van der Waals surface area (Å²) in [4.78, 5) is 11.1. The second-order valence-electron chi connectivity index (χ2n) is 10.0. The van der Waals surface area contributed by atoms with E-state index in [2.05, 4.69) is 0 Å². The third-order valence-corrected chi connectivity index (χ3v) is 7.94. The minimum Gasteiger partial charge on any atom is -0.492 e. The zero-order valence-corrected chi connectivity index (χ0v) is 22.8. The van der Waals surface area contributed by atoms with Gasteiger partial charge in [-0.3, -0.25) is 4.79 Å². The largest absolute Gasteiger partial charge is 0.492 e. The van der Waals surface area contributed by atoms with E-state index in [1.165, 1.54) is 12.1 Å². The number of hydrogen-bond acceptors (Lipinski definition) is 7. The molecule has 0 saturated carbocycles. The van der Waals surface area contributed by atoms with Gasteiger partial charge in [0.05, 0.1) is 25.4 Å². The predicted molar refractivity (Wildman–Crippen MR) is 141 cm³/mol. The highest BCUT2D eigenvalue weighted by Crippen LogP contribution is 2.44. The summed E-state index contributed by atoms with van der Waals surface area (Å²) in [5.41, 5.74) is 1.56. The highest BCUT2D eigenvalue weighted by Gasteiger charge is 2.32. The molecule has 1 aliphatic heterocycles. The molecule has 1 aliphatic carbocycles. The highest BCUT2D eigenvalue weighted by atomic mass is 32.2. The second-order valence-corrected chi connectivity index (χ2v) is 12.3. The van der Waals surface area contributed by atoms with E-state index in [0.29, 0.717) is 29.9 Å². The number of carbonyl (C=O) groups is 1. The van der Waals surface area contributed by atoms with Crippen molar-refractivity contribution < 1.29 is 50.4 Å². The van der Waals surface area contributed by atoms with E-state index >= 15 is 0 Å². The monoisotopic (exact) mass is 592 g/mol. The number of carboxylic acids is 1. The Hall–Kier alpha value is -3.93. The minimum atomic E-state index is -3.22. The van der Waals surface area contributed by atoms with Crippen LogP contribution < -0.4 is 18.9 Å². The van der Waals surface area contributed by atoms with Crippen LogP contribution in [0.2, 0.25) is 0 Å². The van der Waals surface area contributed by atoms with Crippen LogP contribution >= 0.6 is 0 Å². The lowest BCUT2D eigenvalue weighted by molar-refractivity contribution is -0.137. The molecule has 12 heteroatoms. The SMILES string of the molecule is CS(=O)(=O)CCCOc1c(F)cc(Oc2ccc(F)c3c2CC[C@H]3Oc2ccc3c(c2)OCC3CC(=O)O)cc1F. The van der Waals surface area contributed by atoms with Gasteiger partial charge in [-0.2, -0.15) is 0 Å². The summed E-state index contributed by atoms with van der Waals surface area (Å²) >= 11 is 0. The van der Waals surface area contributed by atoms with Gasteiger partial charge in [0, 0.05) is 47.1 Å². The lowest BCUT2D eigenvalue weighted by Crippen LogP contribution is -2.09. The van der Waals surface area contributed by atoms with Gasteiger partial charge in [-0.15, -0.1) is 0 Å². The molecule has 0 amide bonds. The first kappa shape index (κ1) is 28.6. The fourth-order valence-electron chi connectivity index (χ4n) is 5.09. The van der Waals surface area contributed by atoms with E-state index < -0.39 is 45.1 Å². The Balaban J connectivity index is 1.30. The summed E-state index contributed by atoms with van der Waals surface area (Å²) in [6.45, 7) is 0.0669. The standard InChI is InChI=1S/C29H27F3O8S/c1-41(35,36)10-2-9-37-29-22(31)12-18(13-23(29)32)40-24-8-6-21(30)28-20(24)5-7-25(28)39-17-3-4-19-16(11-27(33)34)15-38-26(19)14-17/h3-4,6,8,12-14,16,25H,2,5,7,9-11,15H2,1H3,(H,33,34)/t16?,25-/m1/s1. The van der Waals surface area contributed by atoms with Crippen LogP contribution in [-0.2, 0) is 21.1 Å². The number of ether oxygens (including phenoxy) is 4. The molecule has 5 rings (SSSR count). The van der Waals surface area contributed by atoms with Gasteiger partial charge in [0.1, 0.15) is 44.8 Å². The average molecular weight is 593 g/mol. The van der Waals surface area contributed by atoms with Crippen LogP contribution in [0.15, 0.2) is 42.5 Å². The van der Waals surface area contributed by atoms with Crippen LogP contribution in [0.4, 0.5) is 13.2 Å². The van der Waals surface area contributed by atoms with Crippen LogP contribution in [0.3, 0.4) is 0 Å². The maximum atomic E-state index is 15.0. The number of benzene rings is 3. The van der Waals surface area contributed by atoms with Gasteiger partial charge in [-0.1, -0.05) is 6.07 Å². The third-order valence-electron chi connectivity index (χ3n) is 6.91. The Morgan fingerprint density at radius 3 is 2.51 bits per heavy atom. The fourth-order valence-corrected chi connectivity index (χ4v) is 5.73. The minimum absolute atomic E-state index is 0.0495. The third kappa shape index (κ3) is 6.53.